The van der Waals surface area contributed by atoms with Gasteiger partial charge in [0.05, 0.1) is 0 Å². The molecule has 0 bridgehead atoms. The molecule has 0 aliphatic carbocycles. The number of carbonyl (C=O) groups is 1. The maximum Gasteiger partial charge on any atom is 0.338 e. The van der Waals surface area contributed by atoms with E-state index in [0.717, 1.165) is 16.7 Å². The second-order valence-electron chi connectivity index (χ2n) is 8.24. The number of aliphatic hydroxyl groups is 2. The number of aliphatic hydroxyl groups excluding tert-OH is 2. The van der Waals surface area contributed by atoms with Gasteiger partial charge in [0.25, 0.3) is 0 Å². The summed E-state index contributed by atoms with van der Waals surface area (Å²) in [5, 5.41) is 21.2. The Kier molecular flexibility index (Phi) is 8.70. The Morgan fingerprint density at radius 1 is 0.611 bits per heavy atom. The highest BCUT2D eigenvalue weighted by molar-refractivity contribution is 5.75. The molecule has 0 unspecified atom stereocenters. The molecule has 184 valence electrons. The van der Waals surface area contributed by atoms with Gasteiger partial charge in [0.1, 0.15) is 25.9 Å². The van der Waals surface area contributed by atoms with Gasteiger partial charge >= 0.3 is 5.97 Å². The van der Waals surface area contributed by atoms with Crippen LogP contribution in [0.4, 0.5) is 0 Å². The molecule has 6 nitrogen and oxygen atoms in total. The van der Waals surface area contributed by atoms with Crippen molar-refractivity contribution in [2.45, 2.75) is 32.0 Å². The zero-order chi connectivity index (χ0) is 25.2. The van der Waals surface area contributed by atoms with Crippen molar-refractivity contribution in [3.63, 3.8) is 0 Å². The SMILES string of the molecule is O=C(OCc1ccccc1)[C@H](O)[C@@H](O)c1ccc(OCc2ccccc2)c(OCc2ccccc2)c1. The van der Waals surface area contributed by atoms with Crippen molar-refractivity contribution in [1.82, 2.24) is 0 Å². The van der Waals surface area contributed by atoms with Crippen LogP contribution in [0.1, 0.15) is 28.4 Å². The number of ether oxygens (including phenoxy) is 3. The summed E-state index contributed by atoms with van der Waals surface area (Å²) in [6, 6.07) is 33.3. The van der Waals surface area contributed by atoms with E-state index in [-0.39, 0.29) is 13.2 Å². The van der Waals surface area contributed by atoms with Crippen LogP contribution in [-0.4, -0.2) is 22.3 Å². The van der Waals surface area contributed by atoms with Gasteiger partial charge in [-0.15, -0.1) is 0 Å². The molecule has 2 N–H and O–H groups in total. The van der Waals surface area contributed by atoms with Gasteiger partial charge in [-0.2, -0.15) is 0 Å². The molecule has 0 saturated heterocycles. The molecule has 0 aromatic heterocycles. The number of carbonyl (C=O) groups excluding carboxylic acids is 1. The molecule has 0 spiro atoms. The molecule has 4 aromatic carbocycles. The predicted octanol–water partition coefficient (Wildman–Crippen LogP) is 4.98. The van der Waals surface area contributed by atoms with E-state index >= 15 is 0 Å². The molecule has 0 amide bonds. The number of benzene rings is 4. The fourth-order valence-electron chi connectivity index (χ4n) is 3.54. The third-order valence-corrected chi connectivity index (χ3v) is 5.55. The van der Waals surface area contributed by atoms with Crippen LogP contribution >= 0.6 is 0 Å². The first kappa shape index (κ1) is 25.0. The van der Waals surface area contributed by atoms with Crippen molar-refractivity contribution in [3.05, 3.63) is 131 Å². The summed E-state index contributed by atoms with van der Waals surface area (Å²) >= 11 is 0. The smallest absolute Gasteiger partial charge is 0.338 e. The topological polar surface area (TPSA) is 85.2 Å². The maximum absolute atomic E-state index is 12.4. The second kappa shape index (κ2) is 12.5. The molecule has 0 radical (unpaired) electrons. The Labute approximate surface area is 210 Å². The van der Waals surface area contributed by atoms with Gasteiger partial charge in [0.2, 0.25) is 0 Å². The lowest BCUT2D eigenvalue weighted by Crippen LogP contribution is -2.29. The first-order valence-corrected chi connectivity index (χ1v) is 11.6. The summed E-state index contributed by atoms with van der Waals surface area (Å²) < 4.78 is 17.2. The van der Waals surface area contributed by atoms with E-state index in [9.17, 15) is 15.0 Å². The second-order valence-corrected chi connectivity index (χ2v) is 8.24. The van der Waals surface area contributed by atoms with Crippen LogP contribution < -0.4 is 9.47 Å². The molecule has 0 heterocycles. The van der Waals surface area contributed by atoms with E-state index in [1.165, 1.54) is 0 Å². The van der Waals surface area contributed by atoms with Crippen LogP contribution in [0.15, 0.2) is 109 Å². The average Bonchev–Trinajstić information content (AvgIpc) is 2.94. The van der Waals surface area contributed by atoms with E-state index in [1.54, 1.807) is 30.3 Å². The Hall–Kier alpha value is -4.13. The van der Waals surface area contributed by atoms with Gasteiger partial charge in [-0.05, 0) is 34.4 Å². The lowest BCUT2D eigenvalue weighted by Gasteiger charge is -2.19. The Morgan fingerprint density at radius 3 is 1.61 bits per heavy atom. The molecule has 0 aliphatic heterocycles. The normalized spacial score (nSPS) is 12.4. The van der Waals surface area contributed by atoms with Crippen LogP contribution in [0, 0.1) is 0 Å². The van der Waals surface area contributed by atoms with Crippen LogP contribution in [-0.2, 0) is 29.4 Å². The summed E-state index contributed by atoms with van der Waals surface area (Å²) in [5.74, 6) is -0.0504. The first-order valence-electron chi connectivity index (χ1n) is 11.6. The van der Waals surface area contributed by atoms with Gasteiger partial charge < -0.3 is 24.4 Å². The quantitative estimate of drug-likeness (QED) is 0.292. The van der Waals surface area contributed by atoms with Gasteiger partial charge in [-0.25, -0.2) is 4.79 Å². The minimum absolute atomic E-state index is 0.00114. The monoisotopic (exact) mass is 484 g/mol. The lowest BCUT2D eigenvalue weighted by atomic mass is 10.0. The summed E-state index contributed by atoms with van der Waals surface area (Å²) in [4.78, 5) is 12.4. The highest BCUT2D eigenvalue weighted by atomic mass is 16.5. The molecule has 6 heteroatoms. The molecular formula is C30H28O6. The summed E-state index contributed by atoms with van der Waals surface area (Å²) in [6.45, 7) is 0.615. The van der Waals surface area contributed by atoms with Gasteiger partial charge in [-0.1, -0.05) is 97.1 Å². The molecule has 0 saturated carbocycles. The fraction of sp³-hybridized carbons (Fsp3) is 0.167. The summed E-state index contributed by atoms with van der Waals surface area (Å²) in [6.07, 6.45) is -3.26. The lowest BCUT2D eigenvalue weighted by molar-refractivity contribution is -0.161. The largest absolute Gasteiger partial charge is 0.485 e. The minimum Gasteiger partial charge on any atom is -0.485 e. The van der Waals surface area contributed by atoms with E-state index in [1.807, 2.05) is 78.9 Å². The summed E-state index contributed by atoms with van der Waals surface area (Å²) in [7, 11) is 0. The third kappa shape index (κ3) is 6.95. The zero-order valence-electron chi connectivity index (χ0n) is 19.7. The molecule has 2 atom stereocenters. The van der Waals surface area contributed by atoms with Gasteiger partial charge in [-0.3, -0.25) is 0 Å². The Balaban J connectivity index is 1.47. The first-order chi connectivity index (χ1) is 17.6. The third-order valence-electron chi connectivity index (χ3n) is 5.55. The average molecular weight is 485 g/mol. The van der Waals surface area contributed by atoms with Gasteiger partial charge in [0, 0.05) is 0 Å². The number of rotatable bonds is 11. The van der Waals surface area contributed by atoms with Crippen molar-refractivity contribution in [1.29, 1.82) is 0 Å². The van der Waals surface area contributed by atoms with E-state index in [4.69, 9.17) is 14.2 Å². The number of hydrogen-bond acceptors (Lipinski definition) is 6. The summed E-state index contributed by atoms with van der Waals surface area (Å²) in [5.41, 5.74) is 3.03. The highest BCUT2D eigenvalue weighted by Crippen LogP contribution is 2.33. The molecule has 36 heavy (non-hydrogen) atoms. The van der Waals surface area contributed by atoms with Crippen molar-refractivity contribution < 1.29 is 29.2 Å². The van der Waals surface area contributed by atoms with Crippen molar-refractivity contribution in [3.8, 4) is 11.5 Å². The Bertz CT molecular complexity index is 1230. The molecular weight excluding hydrogens is 456 g/mol. The fourth-order valence-corrected chi connectivity index (χ4v) is 3.54. The van der Waals surface area contributed by atoms with Crippen LogP contribution in [0.25, 0.3) is 0 Å². The minimum atomic E-state index is -1.76. The maximum atomic E-state index is 12.4. The van der Waals surface area contributed by atoms with Crippen molar-refractivity contribution in [2.75, 3.05) is 0 Å². The molecule has 0 fully saturated rings. The standard InChI is InChI=1S/C30H28O6/c31-28(29(32)30(33)36-21-24-14-8-3-9-15-24)25-16-17-26(34-19-22-10-4-1-5-11-22)27(18-25)35-20-23-12-6-2-7-13-23/h1-18,28-29,31-32H,19-21H2/t28-,29+/m0/s1. The molecule has 4 aromatic rings. The van der Waals surface area contributed by atoms with Crippen LogP contribution in [0.2, 0.25) is 0 Å². The predicted molar refractivity (Wildman–Crippen MR) is 135 cm³/mol. The van der Waals surface area contributed by atoms with Gasteiger partial charge in [0.15, 0.2) is 17.6 Å². The number of hydrogen-bond donors (Lipinski definition) is 2. The Morgan fingerprint density at radius 2 is 1.08 bits per heavy atom. The highest BCUT2D eigenvalue weighted by Gasteiger charge is 2.28. The molecule has 0 aliphatic rings. The zero-order valence-corrected chi connectivity index (χ0v) is 19.7. The number of esters is 1. The molecule has 4 rings (SSSR count). The van der Waals surface area contributed by atoms with Crippen molar-refractivity contribution in [2.24, 2.45) is 0 Å². The van der Waals surface area contributed by atoms with E-state index in [0.29, 0.717) is 23.7 Å². The van der Waals surface area contributed by atoms with Crippen LogP contribution in [0.5, 0.6) is 11.5 Å². The van der Waals surface area contributed by atoms with E-state index < -0.39 is 18.2 Å². The van der Waals surface area contributed by atoms with E-state index in [2.05, 4.69) is 0 Å². The van der Waals surface area contributed by atoms with Crippen LogP contribution in [0.3, 0.4) is 0 Å². The van der Waals surface area contributed by atoms with Crippen molar-refractivity contribution >= 4 is 5.97 Å².